The minimum absolute atomic E-state index is 0.315. The highest BCUT2D eigenvalue weighted by atomic mass is 19.4. The van der Waals surface area contributed by atoms with Crippen molar-refractivity contribution in [2.45, 2.75) is 32.9 Å². The van der Waals surface area contributed by atoms with Gasteiger partial charge in [0.25, 0.3) is 0 Å². The average molecular weight is 201 g/mol. The van der Waals surface area contributed by atoms with Crippen molar-refractivity contribution in [1.82, 2.24) is 0 Å². The van der Waals surface area contributed by atoms with Gasteiger partial charge in [0.15, 0.2) is 0 Å². The number of aryl methyl sites for hydroxylation is 2. The maximum Gasteiger partial charge on any atom is 0.417 e. The zero-order valence-electron chi connectivity index (χ0n) is 8.20. The molecule has 0 amide bonds. The number of halogens is 3. The molecule has 14 heavy (non-hydrogen) atoms. The summed E-state index contributed by atoms with van der Waals surface area (Å²) in [6.45, 7) is 3.53. The molecule has 0 unspecified atom stereocenters. The molecule has 1 rings (SSSR count). The SMILES string of the molecule is CCc1[c]c(C(F)(F)F)c(CC)cc1. The highest BCUT2D eigenvalue weighted by Gasteiger charge is 2.33. The van der Waals surface area contributed by atoms with Crippen LogP contribution in [0.3, 0.4) is 0 Å². The molecule has 1 radical (unpaired) electrons. The van der Waals surface area contributed by atoms with Crippen LogP contribution in [0.4, 0.5) is 13.2 Å². The Morgan fingerprint density at radius 1 is 1.14 bits per heavy atom. The third kappa shape index (κ3) is 2.28. The molecule has 77 valence electrons. The first-order valence-electron chi connectivity index (χ1n) is 4.60. The lowest BCUT2D eigenvalue weighted by Crippen LogP contribution is -2.09. The topological polar surface area (TPSA) is 0 Å². The van der Waals surface area contributed by atoms with Crippen LogP contribution >= 0.6 is 0 Å². The van der Waals surface area contributed by atoms with E-state index >= 15 is 0 Å². The second kappa shape index (κ2) is 4.03. The van der Waals surface area contributed by atoms with E-state index in [1.807, 2.05) is 6.92 Å². The molecule has 0 bridgehead atoms. The van der Waals surface area contributed by atoms with Crippen molar-refractivity contribution < 1.29 is 13.2 Å². The summed E-state index contributed by atoms with van der Waals surface area (Å²) in [7, 11) is 0. The van der Waals surface area contributed by atoms with E-state index in [-0.39, 0.29) is 0 Å². The normalized spacial score (nSPS) is 11.8. The van der Waals surface area contributed by atoms with Crippen LogP contribution in [0.15, 0.2) is 12.1 Å². The molecule has 0 atom stereocenters. The van der Waals surface area contributed by atoms with Crippen LogP contribution in [0, 0.1) is 6.07 Å². The van der Waals surface area contributed by atoms with Gasteiger partial charge in [-0.25, -0.2) is 0 Å². The monoisotopic (exact) mass is 201 g/mol. The second-order valence-electron chi connectivity index (χ2n) is 3.09. The van der Waals surface area contributed by atoms with Gasteiger partial charge >= 0.3 is 6.18 Å². The fourth-order valence-electron chi connectivity index (χ4n) is 1.32. The molecule has 3 heteroatoms. The first kappa shape index (κ1) is 11.1. The molecule has 0 saturated heterocycles. The van der Waals surface area contributed by atoms with Crippen LogP contribution in [-0.2, 0) is 19.0 Å². The molecule has 0 nitrogen and oxygen atoms in total. The van der Waals surface area contributed by atoms with Crippen LogP contribution < -0.4 is 0 Å². The van der Waals surface area contributed by atoms with Gasteiger partial charge in [0.05, 0.1) is 5.56 Å². The third-order valence-electron chi connectivity index (χ3n) is 2.14. The van der Waals surface area contributed by atoms with Crippen molar-refractivity contribution in [3.8, 4) is 0 Å². The minimum Gasteiger partial charge on any atom is -0.166 e. The molecule has 0 aliphatic carbocycles. The third-order valence-corrected chi connectivity index (χ3v) is 2.14. The summed E-state index contributed by atoms with van der Waals surface area (Å²) in [6, 6.07) is 5.67. The van der Waals surface area contributed by atoms with Crippen molar-refractivity contribution in [3.63, 3.8) is 0 Å². The first-order chi connectivity index (χ1) is 6.49. The van der Waals surface area contributed by atoms with Crippen LogP contribution in [0.25, 0.3) is 0 Å². The second-order valence-corrected chi connectivity index (χ2v) is 3.09. The molecule has 0 heterocycles. The van der Waals surface area contributed by atoms with Crippen LogP contribution in [0.2, 0.25) is 0 Å². The Bertz CT molecular complexity index is 313. The molecule has 1 aromatic carbocycles. The summed E-state index contributed by atoms with van der Waals surface area (Å²) < 4.78 is 37.6. The number of hydrogen-bond donors (Lipinski definition) is 0. The Hall–Kier alpha value is -0.990. The summed E-state index contributed by atoms with van der Waals surface area (Å²) in [4.78, 5) is 0. The predicted molar refractivity (Wildman–Crippen MR) is 49.0 cm³/mol. The fourth-order valence-corrected chi connectivity index (χ4v) is 1.32. The summed E-state index contributed by atoms with van der Waals surface area (Å²) >= 11 is 0. The van der Waals surface area contributed by atoms with Crippen LogP contribution in [0.1, 0.15) is 30.5 Å². The van der Waals surface area contributed by atoms with Crippen molar-refractivity contribution in [2.24, 2.45) is 0 Å². The van der Waals surface area contributed by atoms with Gasteiger partial charge in [-0.2, -0.15) is 13.2 Å². The van der Waals surface area contributed by atoms with Gasteiger partial charge in [-0.1, -0.05) is 26.0 Å². The first-order valence-corrected chi connectivity index (χ1v) is 4.60. The zero-order chi connectivity index (χ0) is 10.8. The van der Waals surface area contributed by atoms with Crippen LogP contribution in [-0.4, -0.2) is 0 Å². The zero-order valence-corrected chi connectivity index (χ0v) is 8.20. The lowest BCUT2D eigenvalue weighted by molar-refractivity contribution is -0.138. The van der Waals surface area contributed by atoms with Gasteiger partial charge in [0, 0.05) is 0 Å². The summed E-state index contributed by atoms with van der Waals surface area (Å²) in [6.07, 6.45) is -3.32. The molecule has 1 aromatic rings. The molecular weight excluding hydrogens is 189 g/mol. The van der Waals surface area contributed by atoms with Gasteiger partial charge in [-0.15, -0.1) is 0 Å². The molecule has 0 fully saturated rings. The smallest absolute Gasteiger partial charge is 0.166 e. The van der Waals surface area contributed by atoms with Gasteiger partial charge in [0.2, 0.25) is 0 Å². The predicted octanol–water partition coefficient (Wildman–Crippen LogP) is 3.63. The minimum atomic E-state index is -4.28. The fraction of sp³-hybridized carbons (Fsp3) is 0.455. The molecular formula is C11H12F3. The van der Waals surface area contributed by atoms with E-state index in [9.17, 15) is 13.2 Å². The summed E-state index contributed by atoms with van der Waals surface area (Å²) in [5.74, 6) is 0. The van der Waals surface area contributed by atoms with E-state index in [0.29, 0.717) is 24.0 Å². The lowest BCUT2D eigenvalue weighted by Gasteiger charge is -2.12. The number of benzene rings is 1. The number of alkyl halides is 3. The van der Waals surface area contributed by atoms with Crippen LogP contribution in [0.5, 0.6) is 0 Å². The highest BCUT2D eigenvalue weighted by molar-refractivity contribution is 5.33. The highest BCUT2D eigenvalue weighted by Crippen LogP contribution is 2.32. The van der Waals surface area contributed by atoms with Crippen molar-refractivity contribution in [2.75, 3.05) is 0 Å². The number of rotatable bonds is 2. The van der Waals surface area contributed by atoms with Gasteiger partial charge in [0.1, 0.15) is 0 Å². The van der Waals surface area contributed by atoms with E-state index in [1.54, 1.807) is 13.0 Å². The molecule has 0 N–H and O–H groups in total. The lowest BCUT2D eigenvalue weighted by atomic mass is 10.0. The van der Waals surface area contributed by atoms with Crippen molar-refractivity contribution in [1.29, 1.82) is 0 Å². The molecule has 0 aliphatic rings. The van der Waals surface area contributed by atoms with E-state index < -0.39 is 11.7 Å². The quantitative estimate of drug-likeness (QED) is 0.685. The van der Waals surface area contributed by atoms with Crippen molar-refractivity contribution >= 4 is 0 Å². The van der Waals surface area contributed by atoms with E-state index in [4.69, 9.17) is 0 Å². The van der Waals surface area contributed by atoms with Gasteiger partial charge in [-0.05, 0) is 30.0 Å². The maximum atomic E-state index is 12.5. The van der Waals surface area contributed by atoms with E-state index in [0.717, 1.165) is 0 Å². The molecule has 0 aromatic heterocycles. The van der Waals surface area contributed by atoms with E-state index in [1.165, 1.54) is 6.07 Å². The number of hydrogen-bond acceptors (Lipinski definition) is 0. The summed E-state index contributed by atoms with van der Waals surface area (Å²) in [5, 5.41) is 0. The Balaban J connectivity index is 3.22. The van der Waals surface area contributed by atoms with Gasteiger partial charge < -0.3 is 0 Å². The Morgan fingerprint density at radius 3 is 2.21 bits per heavy atom. The Morgan fingerprint density at radius 2 is 1.79 bits per heavy atom. The largest absolute Gasteiger partial charge is 0.417 e. The Labute approximate surface area is 81.8 Å². The summed E-state index contributed by atoms with van der Waals surface area (Å²) in [5.41, 5.74) is 0.309. The molecule has 0 spiro atoms. The molecule has 0 aliphatic heterocycles. The molecule has 0 saturated carbocycles. The average Bonchev–Trinajstić information content (AvgIpc) is 2.15. The van der Waals surface area contributed by atoms with Gasteiger partial charge in [-0.3, -0.25) is 0 Å². The van der Waals surface area contributed by atoms with Crippen molar-refractivity contribution in [3.05, 3.63) is 34.9 Å². The Kier molecular flexibility index (Phi) is 3.19. The maximum absolute atomic E-state index is 12.5. The van der Waals surface area contributed by atoms with E-state index in [2.05, 4.69) is 6.07 Å². The standard InChI is InChI=1S/C11H12F3/c1-3-8-5-6-9(4-2)10(7-8)11(12,13)14/h5-6H,3-4H2,1-2H3.